The van der Waals surface area contributed by atoms with Crippen LogP contribution in [-0.2, 0) is 4.79 Å². The molecule has 1 aliphatic rings. The number of likely N-dealkylation sites (tertiary alicyclic amines) is 1. The highest BCUT2D eigenvalue weighted by Gasteiger charge is 2.20. The number of urea groups is 1. The van der Waals surface area contributed by atoms with Crippen LogP contribution in [0.15, 0.2) is 0 Å². The van der Waals surface area contributed by atoms with Crippen molar-refractivity contribution in [1.29, 1.82) is 0 Å². The van der Waals surface area contributed by atoms with Crippen molar-refractivity contribution < 1.29 is 9.59 Å². The minimum atomic E-state index is -0.477. The van der Waals surface area contributed by atoms with Crippen molar-refractivity contribution in [2.75, 3.05) is 19.6 Å². The maximum absolute atomic E-state index is 12.0. The molecular formula is C14H27N3O2. The molecule has 0 radical (unpaired) electrons. The SMILES string of the molecule is CC(C)CNC(=O)C(C)NC(=O)N1CCCCCC1. The van der Waals surface area contributed by atoms with Crippen molar-refractivity contribution in [1.82, 2.24) is 15.5 Å². The van der Waals surface area contributed by atoms with Gasteiger partial charge in [0.05, 0.1) is 0 Å². The Balaban J connectivity index is 2.35. The highest BCUT2D eigenvalue weighted by atomic mass is 16.2. The molecule has 2 N–H and O–H groups in total. The van der Waals surface area contributed by atoms with E-state index in [9.17, 15) is 9.59 Å². The first-order valence-corrected chi connectivity index (χ1v) is 7.34. The highest BCUT2D eigenvalue weighted by Crippen LogP contribution is 2.09. The molecule has 110 valence electrons. The Morgan fingerprint density at radius 1 is 1.05 bits per heavy atom. The molecule has 1 heterocycles. The van der Waals surface area contributed by atoms with Gasteiger partial charge in [-0.1, -0.05) is 26.7 Å². The lowest BCUT2D eigenvalue weighted by Gasteiger charge is -2.23. The smallest absolute Gasteiger partial charge is 0.318 e. The largest absolute Gasteiger partial charge is 0.354 e. The molecule has 3 amide bonds. The van der Waals surface area contributed by atoms with Crippen LogP contribution in [0.5, 0.6) is 0 Å². The van der Waals surface area contributed by atoms with Gasteiger partial charge < -0.3 is 15.5 Å². The first-order valence-electron chi connectivity index (χ1n) is 7.34. The Morgan fingerprint density at radius 2 is 1.63 bits per heavy atom. The fraction of sp³-hybridized carbons (Fsp3) is 0.857. The lowest BCUT2D eigenvalue weighted by Crippen LogP contribution is -2.50. The van der Waals surface area contributed by atoms with Crippen LogP contribution in [0.1, 0.15) is 46.5 Å². The van der Waals surface area contributed by atoms with E-state index in [1.807, 2.05) is 18.7 Å². The summed E-state index contributed by atoms with van der Waals surface area (Å²) in [5.41, 5.74) is 0. The standard InChI is InChI=1S/C14H27N3O2/c1-11(2)10-15-13(18)12(3)16-14(19)17-8-6-4-5-7-9-17/h11-12H,4-10H2,1-3H3,(H,15,18)(H,16,19). The Hall–Kier alpha value is -1.26. The van der Waals surface area contributed by atoms with E-state index in [0.717, 1.165) is 25.9 Å². The molecule has 19 heavy (non-hydrogen) atoms. The monoisotopic (exact) mass is 269 g/mol. The van der Waals surface area contributed by atoms with Crippen LogP contribution in [0.25, 0.3) is 0 Å². The van der Waals surface area contributed by atoms with Gasteiger partial charge in [-0.25, -0.2) is 4.79 Å². The first kappa shape index (κ1) is 15.8. The minimum Gasteiger partial charge on any atom is -0.354 e. The number of rotatable bonds is 4. The van der Waals surface area contributed by atoms with Crippen LogP contribution in [0.2, 0.25) is 0 Å². The van der Waals surface area contributed by atoms with Crippen molar-refractivity contribution in [3.63, 3.8) is 0 Å². The molecule has 1 unspecified atom stereocenters. The van der Waals surface area contributed by atoms with E-state index in [0.29, 0.717) is 12.5 Å². The van der Waals surface area contributed by atoms with Crippen LogP contribution in [0, 0.1) is 5.92 Å². The fourth-order valence-corrected chi connectivity index (χ4v) is 2.07. The summed E-state index contributed by atoms with van der Waals surface area (Å²) in [5, 5.41) is 5.61. The third kappa shape index (κ3) is 5.94. The van der Waals surface area contributed by atoms with Gasteiger partial charge in [-0.3, -0.25) is 4.79 Å². The third-order valence-corrected chi connectivity index (χ3v) is 3.31. The summed E-state index contributed by atoms with van der Waals surface area (Å²) >= 11 is 0. The fourth-order valence-electron chi connectivity index (χ4n) is 2.07. The molecule has 1 aliphatic heterocycles. The van der Waals surface area contributed by atoms with Gasteiger partial charge in [-0.15, -0.1) is 0 Å². The Kier molecular flexibility index (Phi) is 6.67. The summed E-state index contributed by atoms with van der Waals surface area (Å²) in [6.45, 7) is 8.05. The summed E-state index contributed by atoms with van der Waals surface area (Å²) in [6.07, 6.45) is 4.49. The lowest BCUT2D eigenvalue weighted by atomic mass is 10.2. The zero-order valence-electron chi connectivity index (χ0n) is 12.4. The predicted octanol–water partition coefficient (Wildman–Crippen LogP) is 1.73. The van der Waals surface area contributed by atoms with Crippen LogP contribution in [0.3, 0.4) is 0 Å². The van der Waals surface area contributed by atoms with Gasteiger partial charge in [0.25, 0.3) is 0 Å². The summed E-state index contributed by atoms with van der Waals surface area (Å²) in [6, 6.07) is -0.594. The Morgan fingerprint density at radius 3 is 2.16 bits per heavy atom. The van der Waals surface area contributed by atoms with Gasteiger partial charge in [-0.2, -0.15) is 0 Å². The normalized spacial score (nSPS) is 17.8. The maximum atomic E-state index is 12.0. The van der Waals surface area contributed by atoms with Crippen molar-refractivity contribution in [3.8, 4) is 0 Å². The average molecular weight is 269 g/mol. The van der Waals surface area contributed by atoms with Gasteiger partial charge in [0.15, 0.2) is 0 Å². The molecule has 1 rings (SSSR count). The molecule has 1 fully saturated rings. The van der Waals surface area contributed by atoms with Crippen LogP contribution < -0.4 is 10.6 Å². The number of nitrogens with one attached hydrogen (secondary N) is 2. The molecule has 0 aromatic rings. The minimum absolute atomic E-state index is 0.114. The summed E-state index contributed by atoms with van der Waals surface area (Å²) < 4.78 is 0. The summed E-state index contributed by atoms with van der Waals surface area (Å²) in [4.78, 5) is 25.6. The van der Waals surface area contributed by atoms with Gasteiger partial charge in [0, 0.05) is 19.6 Å². The van der Waals surface area contributed by atoms with E-state index in [4.69, 9.17) is 0 Å². The molecule has 0 spiro atoms. The molecule has 0 aliphatic carbocycles. The zero-order chi connectivity index (χ0) is 14.3. The Bertz CT molecular complexity index is 297. The maximum Gasteiger partial charge on any atom is 0.318 e. The number of nitrogens with zero attached hydrogens (tertiary/aromatic N) is 1. The molecule has 1 saturated heterocycles. The summed E-state index contributed by atoms with van der Waals surface area (Å²) in [5.74, 6) is 0.300. The van der Waals surface area contributed by atoms with Gasteiger partial charge in [-0.05, 0) is 25.7 Å². The number of hydrogen-bond acceptors (Lipinski definition) is 2. The van der Waals surface area contributed by atoms with Crippen LogP contribution in [-0.4, -0.2) is 42.5 Å². The molecule has 0 aromatic heterocycles. The quantitative estimate of drug-likeness (QED) is 0.816. The van der Waals surface area contributed by atoms with Crippen molar-refractivity contribution in [2.45, 2.75) is 52.5 Å². The number of carbonyl (C=O) groups excluding carboxylic acids is 2. The first-order chi connectivity index (χ1) is 9.00. The average Bonchev–Trinajstić information content (AvgIpc) is 2.64. The van der Waals surface area contributed by atoms with Crippen LogP contribution in [0.4, 0.5) is 4.79 Å². The van der Waals surface area contributed by atoms with Crippen molar-refractivity contribution >= 4 is 11.9 Å². The van der Waals surface area contributed by atoms with E-state index in [1.54, 1.807) is 6.92 Å². The predicted molar refractivity (Wildman–Crippen MR) is 75.9 cm³/mol. The van der Waals surface area contributed by atoms with E-state index in [1.165, 1.54) is 12.8 Å². The molecule has 0 bridgehead atoms. The number of hydrogen-bond donors (Lipinski definition) is 2. The molecule has 1 atom stereocenters. The van der Waals surface area contributed by atoms with Gasteiger partial charge in [0.1, 0.15) is 6.04 Å². The highest BCUT2D eigenvalue weighted by molar-refractivity contribution is 5.86. The summed E-state index contributed by atoms with van der Waals surface area (Å²) in [7, 11) is 0. The van der Waals surface area contributed by atoms with Crippen molar-refractivity contribution in [3.05, 3.63) is 0 Å². The van der Waals surface area contributed by atoms with Gasteiger partial charge >= 0.3 is 6.03 Å². The third-order valence-electron chi connectivity index (χ3n) is 3.31. The molecular weight excluding hydrogens is 242 g/mol. The van der Waals surface area contributed by atoms with E-state index in [2.05, 4.69) is 10.6 Å². The van der Waals surface area contributed by atoms with E-state index in [-0.39, 0.29) is 11.9 Å². The zero-order valence-corrected chi connectivity index (χ0v) is 12.4. The van der Waals surface area contributed by atoms with Crippen molar-refractivity contribution in [2.24, 2.45) is 5.92 Å². The molecule has 0 aromatic carbocycles. The van der Waals surface area contributed by atoms with E-state index < -0.39 is 6.04 Å². The second kappa shape index (κ2) is 8.02. The van der Waals surface area contributed by atoms with E-state index >= 15 is 0 Å². The Labute approximate surface area is 116 Å². The molecule has 5 nitrogen and oxygen atoms in total. The van der Waals surface area contributed by atoms with Crippen LogP contribution >= 0.6 is 0 Å². The number of amides is 3. The second-order valence-electron chi connectivity index (χ2n) is 5.71. The topological polar surface area (TPSA) is 61.4 Å². The lowest BCUT2D eigenvalue weighted by molar-refractivity contribution is -0.122. The number of carbonyl (C=O) groups is 2. The van der Waals surface area contributed by atoms with Gasteiger partial charge in [0.2, 0.25) is 5.91 Å². The molecule has 0 saturated carbocycles. The molecule has 5 heteroatoms. The second-order valence-corrected chi connectivity index (χ2v) is 5.71.